The quantitative estimate of drug-likeness (QED) is 0.0373. The van der Waals surface area contributed by atoms with Gasteiger partial charge in [0, 0.05) is 112 Å². The van der Waals surface area contributed by atoms with Gasteiger partial charge in [-0.15, -0.1) is 0 Å². The van der Waals surface area contributed by atoms with Crippen molar-refractivity contribution in [1.82, 2.24) is 4.98 Å². The second-order valence-corrected chi connectivity index (χ2v) is 40.1. The average Bonchev–Trinajstić information content (AvgIpc) is 1.59. The first-order chi connectivity index (χ1) is 65.7. The minimum Gasteiger partial charge on any atom is -0.497 e. The molecule has 740 valence electrons. The molecule has 0 saturated heterocycles. The number of aryl methyl sites for hydroxylation is 1. The number of benzene rings is 11. The van der Waals surface area contributed by atoms with Gasteiger partial charge in [0.1, 0.15) is 46.1 Å². The SMILES string of the molecule is CC(C)C(=O)C(C)c1cccc(C(=O)c2ccccc2)c1.CC(C)C(=O)Cc1ccccc1Nc1c(Cl)cccc1Cl.CC(C)C(=O)c1ccccc1Cc1cccc(C(F)(F)F)c1.CC(C)Cc1ccc(C(C)C(=O)C(C)C)cc1.CC(C)Cc1ccc([C@H](C)C(=O)C(C)C)cc1.CCc1cccc2c3c([nH]c12)C(CC)(CC(=O)C(C)C)OCC3.COc1ccc2cc(CC(=O)C(C)C)ccc2c1. The van der Waals surface area contributed by atoms with E-state index >= 15 is 0 Å². The van der Waals surface area contributed by atoms with E-state index in [9.17, 15) is 51.5 Å². The van der Waals surface area contributed by atoms with E-state index in [1.807, 2.05) is 209 Å². The number of anilines is 2. The summed E-state index contributed by atoms with van der Waals surface area (Å²) >= 11 is 12.3. The summed E-state index contributed by atoms with van der Waals surface area (Å²) in [4.78, 5) is 100. The van der Waals surface area contributed by atoms with E-state index in [1.165, 1.54) is 39.2 Å². The minimum absolute atomic E-state index is 0.00239. The summed E-state index contributed by atoms with van der Waals surface area (Å²) in [5.74, 6) is 3.86. The van der Waals surface area contributed by atoms with Gasteiger partial charge in [0.15, 0.2) is 11.6 Å². The van der Waals surface area contributed by atoms with Gasteiger partial charge in [-0.25, -0.2) is 0 Å². The molecule has 2 heterocycles. The zero-order valence-corrected chi connectivity index (χ0v) is 87.7. The average molecular weight is 1930 g/mol. The maximum Gasteiger partial charge on any atom is 0.416 e. The highest BCUT2D eigenvalue weighted by Crippen LogP contribution is 2.44. The van der Waals surface area contributed by atoms with Gasteiger partial charge < -0.3 is 19.8 Å². The van der Waals surface area contributed by atoms with E-state index < -0.39 is 17.3 Å². The number of Topliss-reactive ketones (excluding diaryl/α,β-unsaturated/α-hetero) is 7. The van der Waals surface area contributed by atoms with Crippen LogP contribution in [0.15, 0.2) is 249 Å². The highest BCUT2D eigenvalue weighted by Gasteiger charge is 2.41. The molecule has 1 aromatic heterocycles. The summed E-state index contributed by atoms with van der Waals surface area (Å²) in [5, 5.41) is 7.92. The van der Waals surface area contributed by atoms with Crippen LogP contribution in [0, 0.1) is 53.3 Å². The molecular formula is C122H147Cl2F3N2O10. The molecule has 11 aromatic carbocycles. The smallest absolute Gasteiger partial charge is 0.416 e. The van der Waals surface area contributed by atoms with Crippen LogP contribution in [0.25, 0.3) is 21.7 Å². The van der Waals surface area contributed by atoms with E-state index in [-0.39, 0.29) is 93.9 Å². The first-order valence-corrected chi connectivity index (χ1v) is 50.0. The minimum atomic E-state index is -4.36. The van der Waals surface area contributed by atoms with Crippen LogP contribution in [-0.2, 0) is 90.2 Å². The zero-order valence-electron chi connectivity index (χ0n) is 86.1. The number of rotatable bonds is 33. The number of carbonyl (C=O) groups is 8. The third-order valence-electron chi connectivity index (χ3n) is 25.0. The molecule has 1 aliphatic heterocycles. The van der Waals surface area contributed by atoms with Gasteiger partial charge in [0.25, 0.3) is 0 Å². The topological polar surface area (TPSA) is 183 Å². The first-order valence-electron chi connectivity index (χ1n) is 49.2. The van der Waals surface area contributed by atoms with Crippen molar-refractivity contribution >= 4 is 103 Å². The fraction of sp³-hybridized carbons (Fsp3) is 0.393. The van der Waals surface area contributed by atoms with Gasteiger partial charge in [0.2, 0.25) is 0 Å². The second kappa shape index (κ2) is 54.9. The van der Waals surface area contributed by atoms with E-state index in [0.717, 1.165) is 106 Å². The van der Waals surface area contributed by atoms with Crippen LogP contribution in [-0.4, -0.2) is 65.0 Å². The Labute approximate surface area is 835 Å². The summed E-state index contributed by atoms with van der Waals surface area (Å²) in [6, 6.07) is 77.5. The number of H-pyrrole nitrogens is 1. The second-order valence-electron chi connectivity index (χ2n) is 39.3. The predicted octanol–water partition coefficient (Wildman–Crippen LogP) is 31.5. The Morgan fingerprint density at radius 3 is 1.43 bits per heavy atom. The molecule has 0 aliphatic carbocycles. The van der Waals surface area contributed by atoms with Crippen LogP contribution in [0.4, 0.5) is 24.5 Å². The van der Waals surface area contributed by atoms with Gasteiger partial charge in [-0.05, 0) is 165 Å². The number of hydrogen-bond donors (Lipinski definition) is 2. The number of aromatic amines is 1. The van der Waals surface area contributed by atoms with E-state index in [1.54, 1.807) is 73.8 Å². The van der Waals surface area contributed by atoms with E-state index in [4.69, 9.17) is 32.7 Å². The van der Waals surface area contributed by atoms with Crippen molar-refractivity contribution in [2.24, 2.45) is 53.3 Å². The highest BCUT2D eigenvalue weighted by molar-refractivity contribution is 6.39. The lowest BCUT2D eigenvalue weighted by atomic mass is 9.83. The monoisotopic (exact) mass is 1930 g/mol. The molecule has 4 atom stereocenters. The van der Waals surface area contributed by atoms with Crippen molar-refractivity contribution in [1.29, 1.82) is 0 Å². The van der Waals surface area contributed by atoms with Crippen LogP contribution in [0.2, 0.25) is 10.0 Å². The van der Waals surface area contributed by atoms with Gasteiger partial charge in [-0.1, -0.05) is 389 Å². The Bertz CT molecular complexity index is 5950. The first kappa shape index (κ1) is 114. The molecule has 2 N–H and O–H groups in total. The lowest BCUT2D eigenvalue weighted by Crippen LogP contribution is -2.38. The van der Waals surface area contributed by atoms with Gasteiger partial charge in [0.05, 0.1) is 40.7 Å². The van der Waals surface area contributed by atoms with Crippen LogP contribution in [0.1, 0.15) is 289 Å². The number of methoxy groups -OCH3 is 1. The lowest BCUT2D eigenvalue weighted by Gasteiger charge is -2.36. The third-order valence-corrected chi connectivity index (χ3v) is 25.7. The molecule has 12 nitrogen and oxygen atoms in total. The van der Waals surface area contributed by atoms with Crippen LogP contribution < -0.4 is 10.1 Å². The number of carbonyl (C=O) groups excluding carboxylic acids is 8. The zero-order chi connectivity index (χ0) is 103. The maximum absolute atomic E-state index is 12.8. The van der Waals surface area contributed by atoms with E-state index in [0.29, 0.717) is 93.7 Å². The number of halogens is 5. The number of ketones is 8. The summed E-state index contributed by atoms with van der Waals surface area (Å²) in [7, 11) is 1.66. The molecule has 0 radical (unpaired) electrons. The summed E-state index contributed by atoms with van der Waals surface area (Å²) in [6.07, 6.45) is 2.25. The lowest BCUT2D eigenvalue weighted by molar-refractivity contribution is -0.137. The molecule has 0 fully saturated rings. The normalized spacial score (nSPS) is 13.4. The molecule has 3 unspecified atom stereocenters. The Morgan fingerprint density at radius 1 is 0.439 bits per heavy atom. The Morgan fingerprint density at radius 2 is 0.914 bits per heavy atom. The summed E-state index contributed by atoms with van der Waals surface area (Å²) in [6.45, 7) is 46.7. The van der Waals surface area contributed by atoms with Crippen molar-refractivity contribution in [2.75, 3.05) is 19.0 Å². The number of aromatic nitrogens is 1. The van der Waals surface area contributed by atoms with Crippen LogP contribution in [0.3, 0.4) is 0 Å². The Hall–Kier alpha value is -11.5. The van der Waals surface area contributed by atoms with Crippen molar-refractivity contribution in [2.45, 2.75) is 247 Å². The van der Waals surface area contributed by atoms with Crippen molar-refractivity contribution < 1.29 is 61.0 Å². The van der Waals surface area contributed by atoms with Gasteiger partial charge in [-0.2, -0.15) is 13.2 Å². The van der Waals surface area contributed by atoms with Crippen molar-refractivity contribution in [3.63, 3.8) is 0 Å². The largest absolute Gasteiger partial charge is 0.497 e. The van der Waals surface area contributed by atoms with E-state index in [2.05, 4.69) is 125 Å². The maximum atomic E-state index is 12.8. The Balaban J connectivity index is 0.000000221. The van der Waals surface area contributed by atoms with Crippen molar-refractivity contribution in [3.8, 4) is 5.75 Å². The molecule has 0 amide bonds. The number of alkyl halides is 3. The molecule has 0 saturated carbocycles. The number of fused-ring (bicyclic) bond motifs is 4. The molecule has 0 bridgehead atoms. The number of ether oxygens (including phenoxy) is 2. The van der Waals surface area contributed by atoms with Crippen LogP contribution >= 0.6 is 23.2 Å². The fourth-order valence-electron chi connectivity index (χ4n) is 16.4. The molecule has 17 heteroatoms. The summed E-state index contributed by atoms with van der Waals surface area (Å²) in [5.41, 5.74) is 16.4. The molecule has 139 heavy (non-hydrogen) atoms. The summed E-state index contributed by atoms with van der Waals surface area (Å²) < 4.78 is 49.7. The molecule has 0 spiro atoms. The fourth-order valence-corrected chi connectivity index (χ4v) is 16.9. The van der Waals surface area contributed by atoms with Crippen LogP contribution in [0.5, 0.6) is 5.75 Å². The number of hydrogen-bond acceptors (Lipinski definition) is 11. The highest BCUT2D eigenvalue weighted by atomic mass is 35.5. The van der Waals surface area contributed by atoms with Gasteiger partial charge >= 0.3 is 6.18 Å². The molecule has 13 rings (SSSR count). The third kappa shape index (κ3) is 34.2. The molecule has 1 aliphatic rings. The van der Waals surface area contributed by atoms with Gasteiger partial charge in [-0.3, -0.25) is 38.4 Å². The Kier molecular flexibility index (Phi) is 45.2. The van der Waals surface area contributed by atoms with Crippen molar-refractivity contribution in [3.05, 3.63) is 348 Å². The standard InChI is InChI=1S/C20H27NO2.C19H20O2.C18H17F3O.C17H17Cl2NO.C16H18O2.2C16H24O/c1-5-14-8-7-9-15-16-10-11-23-20(6-2,12-17(22)13(3)4)19(16)21-18(14)15;1-13(2)18(20)14(3)16-10-7-11-17(12-16)19(21)15-8-5-4-6-9-15;1-12(2)17(22)16-9-4-3-7-14(16)10-13-6-5-8-15(11-13)18(19,20)21;1-11(2)16(21)10-12-6-3-4-9-15(12)20-17-13(18)7-5-8-14(17)19;1-11(2)16(17)9-12-4-5-14-10-15(18-3)7-6-13(14)8-12;2*1-11(2)10-14-6-8-15(9-7-14)13(5)16(17)12(3)4/h7-9,13,21H,5-6,10-12H2,1-4H3;4-14H,1-3H3;3-9,11-12H,10H2,1-2H3;3-9,11,20H,10H2,1-2H3;4-8,10-11H,9H2,1-3H3;2*6-9,11-13H,10H2,1-5H3/t;;;;;13-;/m.....0./s1. The molecule has 12 aromatic rings. The number of para-hydroxylation sites is 3. The predicted molar refractivity (Wildman–Crippen MR) is 568 cm³/mol. The molecular weight excluding hydrogens is 1780 g/mol. The number of nitrogens with one attached hydrogen (secondary N) is 2.